The Balaban J connectivity index is 1.90. The Morgan fingerprint density at radius 1 is 1.28 bits per heavy atom. The average Bonchev–Trinajstić information content (AvgIpc) is 2.90. The third kappa shape index (κ3) is 3.11. The molecule has 0 bridgehead atoms. The lowest BCUT2D eigenvalue weighted by atomic mass is 10.1. The number of anilines is 1. The lowest BCUT2D eigenvalue weighted by Crippen LogP contribution is -2.17. The van der Waals surface area contributed by atoms with Crippen LogP contribution < -0.4 is 10.2 Å². The summed E-state index contributed by atoms with van der Waals surface area (Å²) in [7, 11) is 4.10. The van der Waals surface area contributed by atoms with Crippen LogP contribution >= 0.6 is 0 Å². The van der Waals surface area contributed by atoms with Gasteiger partial charge in [-0.15, -0.1) is 0 Å². The molecular formula is C14H20N4. The second-order valence-corrected chi connectivity index (χ2v) is 4.70. The summed E-state index contributed by atoms with van der Waals surface area (Å²) in [4.78, 5) is 2.10. The molecule has 1 aromatic heterocycles. The Hall–Kier alpha value is -1.81. The van der Waals surface area contributed by atoms with Crippen LogP contribution in [0, 0.1) is 0 Å². The Morgan fingerprint density at radius 3 is 2.56 bits per heavy atom. The van der Waals surface area contributed by atoms with Gasteiger partial charge in [-0.05, 0) is 24.6 Å². The van der Waals surface area contributed by atoms with Gasteiger partial charge in [0.05, 0.1) is 6.20 Å². The monoisotopic (exact) mass is 244 g/mol. The van der Waals surface area contributed by atoms with E-state index in [2.05, 4.69) is 51.6 Å². The molecule has 0 aliphatic rings. The summed E-state index contributed by atoms with van der Waals surface area (Å²) in [5, 5.41) is 10.3. The molecule has 1 heterocycles. The molecule has 0 spiro atoms. The summed E-state index contributed by atoms with van der Waals surface area (Å²) in [5.41, 5.74) is 3.69. The van der Waals surface area contributed by atoms with Gasteiger partial charge in [0, 0.05) is 44.1 Å². The van der Waals surface area contributed by atoms with Crippen LogP contribution in [0.5, 0.6) is 0 Å². The van der Waals surface area contributed by atoms with E-state index in [4.69, 9.17) is 0 Å². The normalized spacial score (nSPS) is 12.4. The van der Waals surface area contributed by atoms with Crippen molar-refractivity contribution in [2.45, 2.75) is 19.5 Å². The van der Waals surface area contributed by atoms with E-state index in [0.717, 1.165) is 6.54 Å². The minimum absolute atomic E-state index is 0.303. The molecule has 1 unspecified atom stereocenters. The van der Waals surface area contributed by atoms with E-state index < -0.39 is 0 Å². The van der Waals surface area contributed by atoms with Gasteiger partial charge in [0.25, 0.3) is 0 Å². The number of benzene rings is 1. The third-order valence-electron chi connectivity index (χ3n) is 3.08. The minimum Gasteiger partial charge on any atom is -0.378 e. The molecule has 0 aliphatic carbocycles. The van der Waals surface area contributed by atoms with Crippen molar-refractivity contribution in [2.24, 2.45) is 0 Å². The van der Waals surface area contributed by atoms with Gasteiger partial charge in [-0.1, -0.05) is 12.1 Å². The number of hydrogen-bond acceptors (Lipinski definition) is 3. The number of hydrogen-bond donors (Lipinski definition) is 2. The zero-order valence-corrected chi connectivity index (χ0v) is 11.1. The highest BCUT2D eigenvalue weighted by atomic mass is 15.1. The molecule has 0 aliphatic heterocycles. The molecule has 96 valence electrons. The van der Waals surface area contributed by atoms with Gasteiger partial charge in [0.2, 0.25) is 0 Å². The van der Waals surface area contributed by atoms with Crippen molar-refractivity contribution in [2.75, 3.05) is 19.0 Å². The quantitative estimate of drug-likeness (QED) is 0.848. The van der Waals surface area contributed by atoms with Crippen molar-refractivity contribution in [3.63, 3.8) is 0 Å². The summed E-state index contributed by atoms with van der Waals surface area (Å²) in [5.74, 6) is 0. The second-order valence-electron chi connectivity index (χ2n) is 4.70. The maximum atomic E-state index is 3.96. The molecule has 0 amide bonds. The van der Waals surface area contributed by atoms with Gasteiger partial charge >= 0.3 is 0 Å². The van der Waals surface area contributed by atoms with Crippen LogP contribution in [0.2, 0.25) is 0 Å². The Kier molecular flexibility index (Phi) is 3.99. The number of rotatable bonds is 5. The third-order valence-corrected chi connectivity index (χ3v) is 3.08. The lowest BCUT2D eigenvalue weighted by molar-refractivity contribution is 0.575. The van der Waals surface area contributed by atoms with Crippen LogP contribution in [0.15, 0.2) is 36.7 Å². The Bertz CT molecular complexity index is 459. The standard InChI is InChI=1S/C14H20N4/c1-11(13-9-16-17-10-13)15-8-12-4-6-14(7-5-12)18(2)3/h4-7,9-11,15H,8H2,1-3H3,(H,16,17). The zero-order valence-electron chi connectivity index (χ0n) is 11.1. The minimum atomic E-state index is 0.303. The van der Waals surface area contributed by atoms with Gasteiger partial charge in [-0.25, -0.2) is 0 Å². The first-order chi connectivity index (χ1) is 8.66. The zero-order chi connectivity index (χ0) is 13.0. The van der Waals surface area contributed by atoms with Crippen molar-refractivity contribution in [1.82, 2.24) is 15.5 Å². The van der Waals surface area contributed by atoms with E-state index in [-0.39, 0.29) is 0 Å². The van der Waals surface area contributed by atoms with Crippen LogP contribution in [0.4, 0.5) is 5.69 Å². The van der Waals surface area contributed by atoms with Crippen LogP contribution in [0.3, 0.4) is 0 Å². The van der Waals surface area contributed by atoms with E-state index in [0.29, 0.717) is 6.04 Å². The van der Waals surface area contributed by atoms with Crippen molar-refractivity contribution >= 4 is 5.69 Å². The van der Waals surface area contributed by atoms with E-state index in [9.17, 15) is 0 Å². The molecule has 0 saturated carbocycles. The molecule has 0 radical (unpaired) electrons. The van der Waals surface area contributed by atoms with Gasteiger partial charge in [0.15, 0.2) is 0 Å². The molecule has 2 rings (SSSR count). The summed E-state index contributed by atoms with van der Waals surface area (Å²) < 4.78 is 0. The highest BCUT2D eigenvalue weighted by molar-refractivity contribution is 5.45. The van der Waals surface area contributed by atoms with Crippen molar-refractivity contribution in [3.05, 3.63) is 47.8 Å². The van der Waals surface area contributed by atoms with Crippen LogP contribution in [0.1, 0.15) is 24.1 Å². The number of H-pyrrole nitrogens is 1. The van der Waals surface area contributed by atoms with Gasteiger partial charge in [-0.2, -0.15) is 5.10 Å². The highest BCUT2D eigenvalue weighted by Crippen LogP contribution is 2.14. The van der Waals surface area contributed by atoms with Crippen LogP contribution in [-0.4, -0.2) is 24.3 Å². The molecule has 1 atom stereocenters. The Labute approximate surface area is 108 Å². The number of aromatic nitrogens is 2. The summed E-state index contributed by atoms with van der Waals surface area (Å²) in [6, 6.07) is 8.89. The first-order valence-electron chi connectivity index (χ1n) is 6.15. The summed E-state index contributed by atoms with van der Waals surface area (Å²) in [6.07, 6.45) is 3.78. The molecule has 4 nitrogen and oxygen atoms in total. The molecule has 2 aromatic rings. The fraction of sp³-hybridized carbons (Fsp3) is 0.357. The molecule has 2 N–H and O–H groups in total. The fourth-order valence-corrected chi connectivity index (χ4v) is 1.80. The largest absolute Gasteiger partial charge is 0.378 e. The van der Waals surface area contributed by atoms with E-state index >= 15 is 0 Å². The highest BCUT2D eigenvalue weighted by Gasteiger charge is 2.05. The second kappa shape index (κ2) is 5.69. The molecule has 1 aromatic carbocycles. The van der Waals surface area contributed by atoms with Crippen molar-refractivity contribution in [1.29, 1.82) is 0 Å². The van der Waals surface area contributed by atoms with Crippen molar-refractivity contribution in [3.8, 4) is 0 Å². The first-order valence-corrected chi connectivity index (χ1v) is 6.15. The maximum absolute atomic E-state index is 3.96. The molecule has 4 heteroatoms. The number of aromatic amines is 1. The predicted molar refractivity (Wildman–Crippen MR) is 74.6 cm³/mol. The topological polar surface area (TPSA) is 44.0 Å². The van der Waals surface area contributed by atoms with Gasteiger partial charge < -0.3 is 10.2 Å². The molecule has 18 heavy (non-hydrogen) atoms. The Morgan fingerprint density at radius 2 is 2.00 bits per heavy atom. The van der Waals surface area contributed by atoms with Crippen LogP contribution in [-0.2, 0) is 6.54 Å². The summed E-state index contributed by atoms with van der Waals surface area (Å²) >= 11 is 0. The summed E-state index contributed by atoms with van der Waals surface area (Å²) in [6.45, 7) is 3.00. The van der Waals surface area contributed by atoms with Crippen molar-refractivity contribution < 1.29 is 0 Å². The predicted octanol–water partition coefficient (Wildman–Crippen LogP) is 2.33. The van der Waals surface area contributed by atoms with E-state index in [1.54, 1.807) is 0 Å². The molecule has 0 fully saturated rings. The van der Waals surface area contributed by atoms with E-state index in [1.165, 1.54) is 16.8 Å². The lowest BCUT2D eigenvalue weighted by Gasteiger charge is -2.14. The SMILES string of the molecule is CC(NCc1ccc(N(C)C)cc1)c1cn[nH]c1. The average molecular weight is 244 g/mol. The molecule has 0 saturated heterocycles. The number of nitrogens with one attached hydrogen (secondary N) is 2. The van der Waals surface area contributed by atoms with Gasteiger partial charge in [-0.3, -0.25) is 5.10 Å². The smallest absolute Gasteiger partial charge is 0.0534 e. The molecular weight excluding hydrogens is 224 g/mol. The van der Waals surface area contributed by atoms with Crippen LogP contribution in [0.25, 0.3) is 0 Å². The van der Waals surface area contributed by atoms with E-state index in [1.807, 2.05) is 26.5 Å². The maximum Gasteiger partial charge on any atom is 0.0534 e. The fourth-order valence-electron chi connectivity index (χ4n) is 1.80. The first kappa shape index (κ1) is 12.6. The number of nitrogens with zero attached hydrogens (tertiary/aromatic N) is 2. The van der Waals surface area contributed by atoms with Gasteiger partial charge in [0.1, 0.15) is 0 Å².